The summed E-state index contributed by atoms with van der Waals surface area (Å²) >= 11 is 0. The molecule has 0 aliphatic carbocycles. The summed E-state index contributed by atoms with van der Waals surface area (Å²) in [6, 6.07) is 6.07. The Morgan fingerprint density at radius 2 is 1.88 bits per heavy atom. The van der Waals surface area contributed by atoms with Crippen molar-refractivity contribution in [3.05, 3.63) is 53.1 Å². The molecule has 10 heteroatoms. The van der Waals surface area contributed by atoms with Gasteiger partial charge >= 0.3 is 7.12 Å². The molecule has 1 saturated heterocycles. The molecule has 0 bridgehead atoms. The van der Waals surface area contributed by atoms with Crippen molar-refractivity contribution in [3.63, 3.8) is 0 Å². The molecular formula is C24H29B2FN2O5. The maximum absolute atomic E-state index is 15.6. The first kappa shape index (κ1) is 24.7. The van der Waals surface area contributed by atoms with E-state index in [2.05, 4.69) is 4.98 Å². The van der Waals surface area contributed by atoms with Gasteiger partial charge in [0.1, 0.15) is 17.2 Å². The molecule has 34 heavy (non-hydrogen) atoms. The van der Waals surface area contributed by atoms with E-state index in [0.717, 1.165) is 4.90 Å². The Labute approximate surface area is 201 Å². The number of aromatic nitrogens is 1. The van der Waals surface area contributed by atoms with Crippen LogP contribution in [0, 0.1) is 11.7 Å². The van der Waals surface area contributed by atoms with E-state index in [-0.39, 0.29) is 35.0 Å². The Morgan fingerprint density at radius 1 is 1.24 bits per heavy atom. The molecule has 1 aromatic heterocycles. The van der Waals surface area contributed by atoms with Crippen LogP contribution in [-0.4, -0.2) is 53.7 Å². The second kappa shape index (κ2) is 8.36. The zero-order valence-electron chi connectivity index (χ0n) is 20.4. The lowest BCUT2D eigenvalue weighted by atomic mass is 9.78. The summed E-state index contributed by atoms with van der Waals surface area (Å²) in [6.45, 7) is 11.6. The molecule has 2 aliphatic rings. The third-order valence-electron chi connectivity index (χ3n) is 6.63. The van der Waals surface area contributed by atoms with E-state index in [4.69, 9.17) is 21.9 Å². The molecule has 4 rings (SSSR count). The van der Waals surface area contributed by atoms with Crippen LogP contribution < -0.4 is 10.2 Å². The van der Waals surface area contributed by atoms with Crippen molar-refractivity contribution in [2.24, 2.45) is 5.92 Å². The SMILES string of the molecule is [B]C1(O)c2ncccc2C(=O)N1Cc1c(F)cc(B2OC(C)(C)C(C)(C)O2)cc1OCC(C)C. The fourth-order valence-electron chi connectivity index (χ4n) is 3.93. The average molecular weight is 466 g/mol. The van der Waals surface area contributed by atoms with Crippen LogP contribution in [0.4, 0.5) is 4.39 Å². The lowest BCUT2D eigenvalue weighted by Gasteiger charge is -2.32. The van der Waals surface area contributed by atoms with Crippen LogP contribution in [0.2, 0.25) is 0 Å². The Kier molecular flexibility index (Phi) is 6.07. The molecule has 178 valence electrons. The number of hydrogen-bond donors (Lipinski definition) is 1. The van der Waals surface area contributed by atoms with Crippen LogP contribution in [0.1, 0.15) is 63.2 Å². The Bertz CT molecular complexity index is 1110. The number of amides is 1. The number of aliphatic hydroxyl groups is 1. The topological polar surface area (TPSA) is 81.1 Å². The first-order valence-corrected chi connectivity index (χ1v) is 11.3. The van der Waals surface area contributed by atoms with Crippen LogP contribution in [-0.2, 0) is 21.5 Å². The Hall–Kier alpha value is -2.42. The van der Waals surface area contributed by atoms with E-state index in [1.807, 2.05) is 41.5 Å². The first-order valence-electron chi connectivity index (χ1n) is 11.3. The molecule has 2 aromatic rings. The molecule has 1 atom stereocenters. The number of halogens is 1. The van der Waals surface area contributed by atoms with Crippen LogP contribution >= 0.6 is 0 Å². The van der Waals surface area contributed by atoms with Crippen LogP contribution in [0.25, 0.3) is 0 Å². The van der Waals surface area contributed by atoms with Crippen molar-refractivity contribution in [2.45, 2.75) is 64.9 Å². The number of pyridine rings is 1. The van der Waals surface area contributed by atoms with Gasteiger partial charge in [-0.2, -0.15) is 0 Å². The highest BCUT2D eigenvalue weighted by atomic mass is 19.1. The molecule has 1 amide bonds. The summed E-state index contributed by atoms with van der Waals surface area (Å²) < 4.78 is 33.7. The van der Waals surface area contributed by atoms with Gasteiger partial charge in [-0.1, -0.05) is 13.8 Å². The first-order chi connectivity index (χ1) is 15.7. The van der Waals surface area contributed by atoms with Gasteiger partial charge in [0, 0.05) is 11.8 Å². The minimum atomic E-state index is -2.18. The summed E-state index contributed by atoms with van der Waals surface area (Å²) in [6.07, 6.45) is 1.44. The van der Waals surface area contributed by atoms with Gasteiger partial charge in [0.25, 0.3) is 5.91 Å². The third-order valence-corrected chi connectivity index (χ3v) is 6.63. The standard InChI is InChI=1S/C24H29B2FN2O5/c1-14(2)13-32-19-11-15(26-33-22(3,4)23(5,6)34-26)10-18(27)17(19)12-29-21(30)16-8-7-9-28-20(16)24(29,25)31/h7-11,14,31H,12-13H2,1-6H3. The number of benzene rings is 1. The largest absolute Gasteiger partial charge is 0.495 e. The Balaban J connectivity index is 1.71. The van der Waals surface area contributed by atoms with Gasteiger partial charge in [-0.25, -0.2) is 4.39 Å². The number of carbonyl (C=O) groups excluding carboxylic acids is 1. The van der Waals surface area contributed by atoms with Crippen molar-refractivity contribution in [2.75, 3.05) is 6.61 Å². The summed E-state index contributed by atoms with van der Waals surface area (Å²) in [5.41, 5.74) is -2.62. The Morgan fingerprint density at radius 3 is 2.47 bits per heavy atom. The van der Waals surface area contributed by atoms with E-state index < -0.39 is 35.7 Å². The van der Waals surface area contributed by atoms with Gasteiger partial charge in [-0.05, 0) is 63.3 Å². The highest BCUT2D eigenvalue weighted by Gasteiger charge is 2.52. The maximum atomic E-state index is 15.6. The summed E-state index contributed by atoms with van der Waals surface area (Å²) in [5, 5.41) is 10.9. The molecule has 0 saturated carbocycles. The minimum Gasteiger partial charge on any atom is -0.493 e. The van der Waals surface area contributed by atoms with Gasteiger partial charge in [0.15, 0.2) is 7.85 Å². The van der Waals surface area contributed by atoms with Crippen LogP contribution in [0.3, 0.4) is 0 Å². The molecule has 1 fully saturated rings. The number of ether oxygens (including phenoxy) is 1. The minimum absolute atomic E-state index is 0.0268. The number of nitrogens with zero attached hydrogens (tertiary/aromatic N) is 2. The van der Waals surface area contributed by atoms with Gasteiger partial charge in [-0.3, -0.25) is 9.78 Å². The fraction of sp³-hybridized carbons (Fsp3) is 0.500. The van der Waals surface area contributed by atoms with E-state index in [0.29, 0.717) is 12.1 Å². The van der Waals surface area contributed by atoms with Gasteiger partial charge in [0.2, 0.25) is 0 Å². The third kappa shape index (κ3) is 4.12. The number of carbonyl (C=O) groups is 1. The molecule has 2 radical (unpaired) electrons. The molecule has 1 aromatic carbocycles. The second-order valence-corrected chi connectivity index (χ2v) is 10.3. The smallest absolute Gasteiger partial charge is 0.493 e. The highest BCUT2D eigenvalue weighted by molar-refractivity contribution is 6.62. The molecular weight excluding hydrogens is 437 g/mol. The molecule has 1 unspecified atom stereocenters. The van der Waals surface area contributed by atoms with E-state index in [1.54, 1.807) is 12.1 Å². The molecule has 7 nitrogen and oxygen atoms in total. The van der Waals surface area contributed by atoms with Gasteiger partial charge < -0.3 is 24.1 Å². The molecule has 2 aliphatic heterocycles. The maximum Gasteiger partial charge on any atom is 0.495 e. The zero-order chi connectivity index (χ0) is 25.1. The summed E-state index contributed by atoms with van der Waals surface area (Å²) in [7, 11) is 5.29. The van der Waals surface area contributed by atoms with Crippen molar-refractivity contribution in [1.29, 1.82) is 0 Å². The normalized spacial score (nSPS) is 23.0. The predicted molar refractivity (Wildman–Crippen MR) is 126 cm³/mol. The van der Waals surface area contributed by atoms with Gasteiger partial charge in [-0.15, -0.1) is 0 Å². The van der Waals surface area contributed by atoms with E-state index in [1.165, 1.54) is 18.3 Å². The van der Waals surface area contributed by atoms with E-state index in [9.17, 15) is 9.90 Å². The predicted octanol–water partition coefficient (Wildman–Crippen LogP) is 2.48. The number of hydrogen-bond acceptors (Lipinski definition) is 6. The van der Waals surface area contributed by atoms with Crippen molar-refractivity contribution in [1.82, 2.24) is 9.88 Å². The van der Waals surface area contributed by atoms with E-state index >= 15 is 4.39 Å². The van der Waals surface area contributed by atoms with Crippen molar-refractivity contribution >= 4 is 26.3 Å². The van der Waals surface area contributed by atoms with Gasteiger partial charge in [0.05, 0.1) is 35.6 Å². The average Bonchev–Trinajstić information content (AvgIpc) is 3.08. The molecule has 3 heterocycles. The zero-order valence-corrected chi connectivity index (χ0v) is 20.4. The molecule has 1 N–H and O–H groups in total. The van der Waals surface area contributed by atoms with Crippen molar-refractivity contribution in [3.8, 4) is 5.75 Å². The highest BCUT2D eigenvalue weighted by Crippen LogP contribution is 2.38. The fourth-order valence-corrected chi connectivity index (χ4v) is 3.93. The summed E-state index contributed by atoms with van der Waals surface area (Å²) in [5.74, 6) is -0.772. The monoisotopic (exact) mass is 466 g/mol. The second-order valence-electron chi connectivity index (χ2n) is 10.3. The lowest BCUT2D eigenvalue weighted by Crippen LogP contribution is -2.44. The summed E-state index contributed by atoms with van der Waals surface area (Å²) in [4.78, 5) is 18.0. The molecule has 0 spiro atoms. The van der Waals surface area contributed by atoms with Crippen LogP contribution in [0.5, 0.6) is 5.75 Å². The lowest BCUT2D eigenvalue weighted by molar-refractivity contribution is -0.0231. The van der Waals surface area contributed by atoms with Crippen molar-refractivity contribution < 1.29 is 28.3 Å². The quantitative estimate of drug-likeness (QED) is 0.660. The number of rotatable bonds is 6. The number of fused-ring (bicyclic) bond motifs is 1. The van der Waals surface area contributed by atoms with Crippen LogP contribution in [0.15, 0.2) is 30.5 Å².